The van der Waals surface area contributed by atoms with Gasteiger partial charge in [-0.25, -0.2) is 9.37 Å². The lowest BCUT2D eigenvalue weighted by molar-refractivity contribution is 0.303. The quantitative estimate of drug-likeness (QED) is 0.591. The topological polar surface area (TPSA) is 82.7 Å². The number of hydrogen-bond acceptors (Lipinski definition) is 4. The lowest BCUT2D eigenvalue weighted by atomic mass is 10.1. The summed E-state index contributed by atoms with van der Waals surface area (Å²) in [6.45, 7) is 0. The van der Waals surface area contributed by atoms with E-state index in [1.807, 2.05) is 0 Å². The number of benzene rings is 2. The van der Waals surface area contributed by atoms with Gasteiger partial charge in [0.1, 0.15) is 17.1 Å². The Balaban J connectivity index is 1.76. The van der Waals surface area contributed by atoms with Crippen molar-refractivity contribution in [3.63, 3.8) is 0 Å². The molecule has 0 aliphatic heterocycles. The van der Waals surface area contributed by atoms with Gasteiger partial charge in [-0.1, -0.05) is 0 Å². The van der Waals surface area contributed by atoms with Crippen LogP contribution in [-0.4, -0.2) is 9.97 Å². The van der Waals surface area contributed by atoms with E-state index < -0.39 is 5.67 Å². The Morgan fingerprint density at radius 2 is 1.96 bits per heavy atom. The van der Waals surface area contributed by atoms with Gasteiger partial charge in [0.25, 0.3) is 0 Å². The Morgan fingerprint density at radius 3 is 2.65 bits per heavy atom. The van der Waals surface area contributed by atoms with Gasteiger partial charge in [-0.2, -0.15) is 5.26 Å². The fourth-order valence-corrected chi connectivity index (χ4v) is 3.09. The molecule has 6 heteroatoms. The van der Waals surface area contributed by atoms with Crippen molar-refractivity contribution in [2.45, 2.75) is 18.5 Å². The normalized spacial score (nSPS) is 15.2. The molecule has 1 fully saturated rings. The molecule has 1 aliphatic rings. The largest absolute Gasteiger partial charge is 0.453 e. The van der Waals surface area contributed by atoms with Crippen LogP contribution in [0.3, 0.4) is 0 Å². The Hall–Kier alpha value is -3.46. The molecular weight excluding hydrogens is 333 g/mol. The molecule has 1 saturated carbocycles. The highest BCUT2D eigenvalue weighted by Gasteiger charge is 2.48. The maximum absolute atomic E-state index is 14.4. The maximum Gasteiger partial charge on any atom is 0.193 e. The monoisotopic (exact) mass is 345 g/mol. The van der Waals surface area contributed by atoms with Gasteiger partial charge in [0.2, 0.25) is 0 Å². The third kappa shape index (κ3) is 2.14. The number of aromatic nitrogens is 2. The minimum atomic E-state index is -1.39. The molecule has 2 aromatic carbocycles. The lowest BCUT2D eigenvalue weighted by Crippen LogP contribution is -2.01. The van der Waals surface area contributed by atoms with Crippen molar-refractivity contribution in [2.75, 3.05) is 0 Å². The minimum absolute atomic E-state index is 0.196. The summed E-state index contributed by atoms with van der Waals surface area (Å²) in [6.07, 6.45) is 0.899. The molecule has 0 bridgehead atoms. The summed E-state index contributed by atoms with van der Waals surface area (Å²) in [5, 5.41) is 9.31. The van der Waals surface area contributed by atoms with Gasteiger partial charge >= 0.3 is 0 Å². The van der Waals surface area contributed by atoms with E-state index in [1.165, 1.54) is 6.07 Å². The van der Waals surface area contributed by atoms with Crippen LogP contribution in [0.5, 0.6) is 0 Å². The van der Waals surface area contributed by atoms with Crippen molar-refractivity contribution < 1.29 is 8.81 Å². The standard InChI is InChI=1S/C20H12FN3O2/c21-20(7-8-20)19-23-14-6-5-13-15(25)9-16(26-18(13)17(14)24-19)12-3-1-11(10-22)2-4-12/h1-6,9H,7-8H2,(H,23,24). The van der Waals surface area contributed by atoms with Gasteiger partial charge < -0.3 is 9.40 Å². The predicted octanol–water partition coefficient (Wildman–Crippen LogP) is 4.17. The van der Waals surface area contributed by atoms with Crippen LogP contribution in [0.15, 0.2) is 51.7 Å². The molecule has 4 aromatic rings. The SMILES string of the molecule is N#Cc1ccc(-c2cc(=O)c3ccc4[nH]c(C5(F)CC5)nc4c3o2)cc1. The van der Waals surface area contributed by atoms with Gasteiger partial charge in [0.15, 0.2) is 16.7 Å². The molecule has 5 rings (SSSR count). The molecule has 0 unspecified atom stereocenters. The highest BCUT2D eigenvalue weighted by atomic mass is 19.1. The second-order valence-corrected chi connectivity index (χ2v) is 6.55. The Labute approximate surface area is 146 Å². The molecule has 2 heterocycles. The van der Waals surface area contributed by atoms with Crippen LogP contribution >= 0.6 is 0 Å². The van der Waals surface area contributed by atoms with Crippen molar-refractivity contribution in [1.29, 1.82) is 5.26 Å². The first-order chi connectivity index (χ1) is 12.6. The zero-order chi connectivity index (χ0) is 17.9. The molecule has 126 valence electrons. The third-order valence-corrected chi connectivity index (χ3v) is 4.76. The third-order valence-electron chi connectivity index (χ3n) is 4.76. The van der Waals surface area contributed by atoms with Crippen molar-refractivity contribution in [3.05, 3.63) is 64.1 Å². The summed E-state index contributed by atoms with van der Waals surface area (Å²) in [5.74, 6) is 0.664. The van der Waals surface area contributed by atoms with E-state index in [1.54, 1.807) is 36.4 Å². The highest BCUT2D eigenvalue weighted by Crippen LogP contribution is 2.48. The van der Waals surface area contributed by atoms with Gasteiger partial charge in [0.05, 0.1) is 22.5 Å². The fraction of sp³-hybridized carbons (Fsp3) is 0.150. The van der Waals surface area contributed by atoms with Crippen LogP contribution < -0.4 is 5.43 Å². The molecule has 5 nitrogen and oxygen atoms in total. The summed E-state index contributed by atoms with van der Waals surface area (Å²) < 4.78 is 20.3. The fourth-order valence-electron chi connectivity index (χ4n) is 3.09. The van der Waals surface area contributed by atoms with Gasteiger partial charge in [0, 0.05) is 11.6 Å². The molecule has 0 spiro atoms. The molecule has 0 atom stereocenters. The molecule has 0 amide bonds. The maximum atomic E-state index is 14.4. The van der Waals surface area contributed by atoms with Crippen molar-refractivity contribution in [2.24, 2.45) is 0 Å². The van der Waals surface area contributed by atoms with E-state index in [0.29, 0.717) is 51.7 Å². The van der Waals surface area contributed by atoms with Crippen molar-refractivity contribution in [1.82, 2.24) is 9.97 Å². The van der Waals surface area contributed by atoms with Gasteiger partial charge in [-0.05, 0) is 49.2 Å². The average Bonchev–Trinajstić information content (AvgIpc) is 3.25. The number of halogens is 1. The van der Waals surface area contributed by atoms with E-state index >= 15 is 0 Å². The number of aromatic amines is 1. The lowest BCUT2D eigenvalue weighted by Gasteiger charge is -2.04. The van der Waals surface area contributed by atoms with Crippen LogP contribution in [0.4, 0.5) is 4.39 Å². The van der Waals surface area contributed by atoms with Crippen molar-refractivity contribution in [3.8, 4) is 17.4 Å². The van der Waals surface area contributed by atoms with E-state index in [-0.39, 0.29) is 11.3 Å². The summed E-state index contributed by atoms with van der Waals surface area (Å²) in [4.78, 5) is 19.9. The average molecular weight is 345 g/mol. The summed E-state index contributed by atoms with van der Waals surface area (Å²) in [7, 11) is 0. The van der Waals surface area contributed by atoms with Crippen LogP contribution in [0, 0.1) is 11.3 Å². The number of nitriles is 1. The molecule has 0 radical (unpaired) electrons. The first kappa shape index (κ1) is 14.8. The zero-order valence-corrected chi connectivity index (χ0v) is 13.5. The van der Waals surface area contributed by atoms with Crippen molar-refractivity contribution >= 4 is 22.0 Å². The van der Waals surface area contributed by atoms with E-state index in [0.717, 1.165) is 0 Å². The van der Waals surface area contributed by atoms with Crippen LogP contribution in [0.2, 0.25) is 0 Å². The summed E-state index contributed by atoms with van der Waals surface area (Å²) in [5.41, 5.74) is 1.04. The summed E-state index contributed by atoms with van der Waals surface area (Å²) >= 11 is 0. The van der Waals surface area contributed by atoms with Crippen LogP contribution in [0.25, 0.3) is 33.3 Å². The molecule has 26 heavy (non-hydrogen) atoms. The number of H-pyrrole nitrogens is 1. The molecule has 0 saturated heterocycles. The van der Waals surface area contributed by atoms with Gasteiger partial charge in [-0.3, -0.25) is 4.79 Å². The summed E-state index contributed by atoms with van der Waals surface area (Å²) in [6, 6.07) is 13.6. The van der Waals surface area contributed by atoms with E-state index in [4.69, 9.17) is 9.68 Å². The van der Waals surface area contributed by atoms with Gasteiger partial charge in [-0.15, -0.1) is 0 Å². The Kier molecular flexibility index (Phi) is 2.87. The van der Waals surface area contributed by atoms with Crippen LogP contribution in [0.1, 0.15) is 24.2 Å². The van der Waals surface area contributed by atoms with E-state index in [2.05, 4.69) is 16.0 Å². The minimum Gasteiger partial charge on any atom is -0.453 e. The second-order valence-electron chi connectivity index (χ2n) is 6.55. The second kappa shape index (κ2) is 5.02. The predicted molar refractivity (Wildman–Crippen MR) is 94.3 cm³/mol. The first-order valence-electron chi connectivity index (χ1n) is 8.24. The number of hydrogen-bond donors (Lipinski definition) is 1. The molecule has 2 aromatic heterocycles. The number of fused-ring (bicyclic) bond motifs is 3. The number of rotatable bonds is 2. The highest BCUT2D eigenvalue weighted by molar-refractivity contribution is 6.00. The van der Waals surface area contributed by atoms with Crippen LogP contribution in [-0.2, 0) is 5.67 Å². The number of nitrogens with one attached hydrogen (secondary N) is 1. The number of nitrogens with zero attached hydrogens (tertiary/aromatic N) is 2. The number of alkyl halides is 1. The van der Waals surface area contributed by atoms with E-state index in [9.17, 15) is 9.18 Å². The molecular formula is C20H12FN3O2. The number of imidazole rings is 1. The molecule has 1 aliphatic carbocycles. The first-order valence-corrected chi connectivity index (χ1v) is 8.24. The Bertz CT molecular complexity index is 1270. The Morgan fingerprint density at radius 1 is 1.19 bits per heavy atom. The molecule has 1 N–H and O–H groups in total. The smallest absolute Gasteiger partial charge is 0.193 e. The zero-order valence-electron chi connectivity index (χ0n) is 13.5.